The Labute approximate surface area is 52.1 Å². The van der Waals surface area contributed by atoms with Crippen molar-refractivity contribution < 1.29 is 26.7 Å². The van der Waals surface area contributed by atoms with E-state index in [2.05, 4.69) is 0 Å². The fourth-order valence-corrected chi connectivity index (χ4v) is 0.204. The second kappa shape index (κ2) is 2.76. The molecule has 0 aliphatic heterocycles. The standard InChI is InChI=1S/C4F5O/c5-3(6)2(1-10)4(7,8)9. The number of halogens is 5. The van der Waals surface area contributed by atoms with Crippen LogP contribution in [0.5, 0.6) is 0 Å². The van der Waals surface area contributed by atoms with Gasteiger partial charge in [-0.15, -0.1) is 0 Å². The summed E-state index contributed by atoms with van der Waals surface area (Å²) < 4.78 is 55.7. The summed E-state index contributed by atoms with van der Waals surface area (Å²) >= 11 is 0. The van der Waals surface area contributed by atoms with E-state index in [0.29, 0.717) is 0 Å². The average Bonchev–Trinajstić information content (AvgIpc) is 1.60. The van der Waals surface area contributed by atoms with Gasteiger partial charge in [0.25, 0.3) is 6.08 Å². The summed E-state index contributed by atoms with van der Waals surface area (Å²) in [7, 11) is 0. The summed E-state index contributed by atoms with van der Waals surface area (Å²) in [5, 5.41) is 0. The van der Waals surface area contributed by atoms with Crippen molar-refractivity contribution in [2.24, 2.45) is 0 Å². The number of allylic oxidation sites excluding steroid dienone is 1. The predicted molar refractivity (Wildman–Crippen MR) is 21.0 cm³/mol. The molecule has 10 heavy (non-hydrogen) atoms. The Morgan fingerprint density at radius 3 is 1.60 bits per heavy atom. The van der Waals surface area contributed by atoms with Crippen molar-refractivity contribution >= 4 is 6.29 Å². The van der Waals surface area contributed by atoms with E-state index in [0.717, 1.165) is 0 Å². The van der Waals surface area contributed by atoms with Crippen molar-refractivity contribution in [1.82, 2.24) is 0 Å². The van der Waals surface area contributed by atoms with Gasteiger partial charge >= 0.3 is 6.18 Å². The average molecular weight is 159 g/mol. The summed E-state index contributed by atoms with van der Waals surface area (Å²) in [4.78, 5) is 9.21. The van der Waals surface area contributed by atoms with E-state index >= 15 is 0 Å². The molecule has 0 aliphatic carbocycles. The van der Waals surface area contributed by atoms with Crippen molar-refractivity contribution in [3.05, 3.63) is 11.7 Å². The quantitative estimate of drug-likeness (QED) is 0.421. The molecule has 0 rings (SSSR count). The molecule has 1 radical (unpaired) electrons. The molecular weight excluding hydrogens is 159 g/mol. The van der Waals surface area contributed by atoms with E-state index in [4.69, 9.17) is 0 Å². The van der Waals surface area contributed by atoms with E-state index in [-0.39, 0.29) is 6.29 Å². The highest BCUT2D eigenvalue weighted by Gasteiger charge is 2.38. The minimum atomic E-state index is -5.30. The maximum atomic E-state index is 11.2. The summed E-state index contributed by atoms with van der Waals surface area (Å²) in [5.74, 6) is 0. The van der Waals surface area contributed by atoms with Crippen molar-refractivity contribution in [3.63, 3.8) is 0 Å². The number of rotatable bonds is 1. The van der Waals surface area contributed by atoms with Crippen molar-refractivity contribution in [3.8, 4) is 0 Å². The molecule has 0 aromatic rings. The molecule has 57 valence electrons. The zero-order valence-corrected chi connectivity index (χ0v) is 4.30. The molecule has 0 spiro atoms. The Balaban J connectivity index is 4.71. The number of hydrogen-bond donors (Lipinski definition) is 0. The van der Waals surface area contributed by atoms with Crippen LogP contribution in [0, 0.1) is 0 Å². The van der Waals surface area contributed by atoms with Crippen LogP contribution < -0.4 is 0 Å². The first-order valence-corrected chi connectivity index (χ1v) is 1.90. The molecule has 0 bridgehead atoms. The van der Waals surface area contributed by atoms with Gasteiger partial charge in [0.1, 0.15) is 0 Å². The molecule has 0 aromatic carbocycles. The lowest BCUT2D eigenvalue weighted by Crippen LogP contribution is -2.13. The molecule has 0 aliphatic rings. The summed E-state index contributed by atoms with van der Waals surface area (Å²) in [6.45, 7) is 0. The van der Waals surface area contributed by atoms with Crippen molar-refractivity contribution in [1.29, 1.82) is 0 Å². The molecular formula is C4F5O. The molecule has 0 aromatic heterocycles. The SMILES string of the molecule is O=[C]C(=C(F)F)C(F)(F)F. The zero-order valence-electron chi connectivity index (χ0n) is 4.30. The third-order valence-corrected chi connectivity index (χ3v) is 0.575. The summed E-state index contributed by atoms with van der Waals surface area (Å²) in [6.07, 6.45) is -8.28. The van der Waals surface area contributed by atoms with Gasteiger partial charge in [0, 0.05) is 0 Å². The van der Waals surface area contributed by atoms with E-state index < -0.39 is 17.8 Å². The van der Waals surface area contributed by atoms with E-state index in [1.807, 2.05) is 0 Å². The lowest BCUT2D eigenvalue weighted by Gasteiger charge is -2.00. The lowest BCUT2D eigenvalue weighted by atomic mass is 10.3. The van der Waals surface area contributed by atoms with Crippen LogP contribution in [0.25, 0.3) is 0 Å². The maximum Gasteiger partial charge on any atom is 0.425 e. The Hall–Kier alpha value is -0.940. The third kappa shape index (κ3) is 2.12. The Morgan fingerprint density at radius 2 is 1.60 bits per heavy atom. The minimum Gasteiger partial charge on any atom is -0.285 e. The molecule has 6 heteroatoms. The molecule has 0 saturated heterocycles. The van der Waals surface area contributed by atoms with Gasteiger partial charge in [-0.2, -0.15) is 22.0 Å². The first kappa shape index (κ1) is 9.06. The number of carbonyl (C=O) groups excluding carboxylic acids is 1. The fourth-order valence-electron chi connectivity index (χ4n) is 0.204. The van der Waals surface area contributed by atoms with Crippen LogP contribution in [0.1, 0.15) is 0 Å². The summed E-state index contributed by atoms with van der Waals surface area (Å²) in [6, 6.07) is 0. The van der Waals surface area contributed by atoms with Crippen LogP contribution in [-0.2, 0) is 4.79 Å². The van der Waals surface area contributed by atoms with E-state index in [9.17, 15) is 26.7 Å². The van der Waals surface area contributed by atoms with Crippen LogP contribution in [0.2, 0.25) is 0 Å². The molecule has 0 heterocycles. The van der Waals surface area contributed by atoms with Crippen LogP contribution in [0.3, 0.4) is 0 Å². The largest absolute Gasteiger partial charge is 0.425 e. The molecule has 0 unspecified atom stereocenters. The van der Waals surface area contributed by atoms with Crippen LogP contribution >= 0.6 is 0 Å². The topological polar surface area (TPSA) is 17.1 Å². The molecule has 1 nitrogen and oxygen atoms in total. The lowest BCUT2D eigenvalue weighted by molar-refractivity contribution is -0.0892. The van der Waals surface area contributed by atoms with Gasteiger partial charge in [-0.1, -0.05) is 0 Å². The first-order valence-electron chi connectivity index (χ1n) is 1.90. The second-order valence-corrected chi connectivity index (χ2v) is 1.24. The van der Waals surface area contributed by atoms with Gasteiger partial charge < -0.3 is 0 Å². The van der Waals surface area contributed by atoms with Gasteiger partial charge in [0.05, 0.1) is 0 Å². The fraction of sp³-hybridized carbons (Fsp3) is 0.250. The highest BCUT2D eigenvalue weighted by atomic mass is 19.4. The highest BCUT2D eigenvalue weighted by molar-refractivity contribution is 5.76. The van der Waals surface area contributed by atoms with Gasteiger partial charge in [-0.05, 0) is 0 Å². The number of alkyl halides is 3. The maximum absolute atomic E-state index is 11.2. The van der Waals surface area contributed by atoms with Crippen LogP contribution in [-0.4, -0.2) is 12.5 Å². The molecule has 0 atom stereocenters. The highest BCUT2D eigenvalue weighted by Crippen LogP contribution is 2.27. The molecule has 0 saturated carbocycles. The summed E-state index contributed by atoms with van der Waals surface area (Å²) in [5.41, 5.74) is -2.55. The third-order valence-electron chi connectivity index (χ3n) is 0.575. The monoisotopic (exact) mass is 159 g/mol. The van der Waals surface area contributed by atoms with E-state index in [1.165, 1.54) is 0 Å². The molecule has 0 N–H and O–H groups in total. The Morgan fingerprint density at radius 1 is 1.20 bits per heavy atom. The van der Waals surface area contributed by atoms with Crippen molar-refractivity contribution in [2.45, 2.75) is 6.18 Å². The van der Waals surface area contributed by atoms with Gasteiger partial charge in [0.15, 0.2) is 5.57 Å². The van der Waals surface area contributed by atoms with Gasteiger partial charge in [0.2, 0.25) is 6.29 Å². The molecule has 0 fully saturated rings. The Bertz CT molecular complexity index is 163. The van der Waals surface area contributed by atoms with Gasteiger partial charge in [-0.25, -0.2) is 0 Å². The van der Waals surface area contributed by atoms with E-state index in [1.54, 1.807) is 0 Å². The smallest absolute Gasteiger partial charge is 0.285 e. The first-order chi connectivity index (χ1) is 4.39. The second-order valence-electron chi connectivity index (χ2n) is 1.24. The normalized spacial score (nSPS) is 10.9. The number of hydrogen-bond acceptors (Lipinski definition) is 1. The van der Waals surface area contributed by atoms with Gasteiger partial charge in [-0.3, -0.25) is 4.79 Å². The minimum absolute atomic E-state index is 0.0961. The van der Waals surface area contributed by atoms with Crippen molar-refractivity contribution in [2.75, 3.05) is 0 Å². The molecule has 0 amide bonds. The Kier molecular flexibility index (Phi) is 2.50. The van der Waals surface area contributed by atoms with Crippen LogP contribution in [0.15, 0.2) is 11.7 Å². The zero-order chi connectivity index (χ0) is 8.36. The van der Waals surface area contributed by atoms with Crippen LogP contribution in [0.4, 0.5) is 22.0 Å². The predicted octanol–water partition coefficient (Wildman–Crippen LogP) is 1.81.